The van der Waals surface area contributed by atoms with Gasteiger partial charge in [0.1, 0.15) is 6.61 Å². The molecule has 1 aromatic rings. The first-order chi connectivity index (χ1) is 10.6. The molecular weight excluding hydrogens is 284 g/mol. The summed E-state index contributed by atoms with van der Waals surface area (Å²) >= 11 is 0. The summed E-state index contributed by atoms with van der Waals surface area (Å²) in [5.74, 6) is 0. The number of carboxylic acid groups (broad SMARTS) is 1. The Morgan fingerprint density at radius 2 is 2.05 bits per heavy atom. The van der Waals surface area contributed by atoms with Crippen LogP contribution in [0, 0.1) is 5.41 Å². The summed E-state index contributed by atoms with van der Waals surface area (Å²) in [7, 11) is 0. The molecule has 3 rings (SSSR count). The average Bonchev–Trinajstić information content (AvgIpc) is 2.89. The second-order valence-corrected chi connectivity index (χ2v) is 6.28. The van der Waals surface area contributed by atoms with Crippen LogP contribution in [0.4, 0.5) is 9.59 Å². The number of alkyl carbamates (subject to hydrolysis) is 1. The number of carbonyl (C=O) groups is 2. The molecule has 118 valence electrons. The van der Waals surface area contributed by atoms with Crippen molar-refractivity contribution >= 4 is 12.2 Å². The minimum atomic E-state index is -0.857. The van der Waals surface area contributed by atoms with E-state index < -0.39 is 12.2 Å². The molecule has 0 radical (unpaired) electrons. The van der Waals surface area contributed by atoms with Gasteiger partial charge in [-0.2, -0.15) is 0 Å². The van der Waals surface area contributed by atoms with Crippen molar-refractivity contribution in [1.29, 1.82) is 0 Å². The first-order valence-electron chi connectivity index (χ1n) is 7.51. The molecule has 2 aliphatic rings. The van der Waals surface area contributed by atoms with E-state index in [1.165, 1.54) is 4.90 Å². The Hall–Kier alpha value is -2.24. The van der Waals surface area contributed by atoms with Gasteiger partial charge in [0, 0.05) is 24.5 Å². The molecule has 2 N–H and O–H groups in total. The lowest BCUT2D eigenvalue weighted by Gasteiger charge is -2.46. The maximum Gasteiger partial charge on any atom is 0.407 e. The van der Waals surface area contributed by atoms with Gasteiger partial charge in [0.2, 0.25) is 0 Å². The molecule has 2 fully saturated rings. The van der Waals surface area contributed by atoms with Gasteiger partial charge in [0.15, 0.2) is 0 Å². The van der Waals surface area contributed by atoms with E-state index in [1.54, 1.807) is 0 Å². The third-order valence-electron chi connectivity index (χ3n) is 4.56. The number of hydrogen-bond donors (Lipinski definition) is 2. The Labute approximate surface area is 129 Å². The predicted molar refractivity (Wildman–Crippen MR) is 79.4 cm³/mol. The average molecular weight is 304 g/mol. The minimum Gasteiger partial charge on any atom is -0.465 e. The fourth-order valence-electron chi connectivity index (χ4n) is 3.45. The Kier molecular flexibility index (Phi) is 3.92. The summed E-state index contributed by atoms with van der Waals surface area (Å²) < 4.78 is 5.21. The fourth-order valence-corrected chi connectivity index (χ4v) is 3.45. The number of likely N-dealkylation sites (tertiary alicyclic amines) is 1. The van der Waals surface area contributed by atoms with Crippen LogP contribution >= 0.6 is 0 Å². The van der Waals surface area contributed by atoms with Crippen molar-refractivity contribution < 1.29 is 19.4 Å². The van der Waals surface area contributed by atoms with Crippen LogP contribution < -0.4 is 5.32 Å². The van der Waals surface area contributed by atoms with Gasteiger partial charge in [-0.3, -0.25) is 0 Å². The molecule has 0 aromatic heterocycles. The van der Waals surface area contributed by atoms with Crippen LogP contribution in [0.2, 0.25) is 0 Å². The van der Waals surface area contributed by atoms with E-state index in [0.29, 0.717) is 13.1 Å². The number of benzene rings is 1. The van der Waals surface area contributed by atoms with Crippen LogP contribution in [0.5, 0.6) is 0 Å². The van der Waals surface area contributed by atoms with Gasteiger partial charge in [0.25, 0.3) is 0 Å². The topological polar surface area (TPSA) is 78.9 Å². The highest BCUT2D eigenvalue weighted by atomic mass is 16.5. The minimum absolute atomic E-state index is 0.0652. The summed E-state index contributed by atoms with van der Waals surface area (Å²) in [6, 6.07) is 9.63. The first kappa shape index (κ1) is 14.7. The molecule has 1 heterocycles. The molecule has 0 unspecified atom stereocenters. The normalized spacial score (nSPS) is 22.2. The third kappa shape index (κ3) is 3.16. The molecule has 22 heavy (non-hydrogen) atoms. The maximum absolute atomic E-state index is 11.8. The van der Waals surface area contributed by atoms with Gasteiger partial charge in [-0.05, 0) is 24.8 Å². The highest BCUT2D eigenvalue weighted by Crippen LogP contribution is 2.45. The summed E-state index contributed by atoms with van der Waals surface area (Å²) in [6.45, 7) is 1.43. The van der Waals surface area contributed by atoms with Crippen LogP contribution in [0.25, 0.3) is 0 Å². The molecule has 0 bridgehead atoms. The zero-order chi connectivity index (χ0) is 15.6. The molecule has 1 aliphatic carbocycles. The Balaban J connectivity index is 1.41. The van der Waals surface area contributed by atoms with E-state index in [0.717, 1.165) is 24.8 Å². The van der Waals surface area contributed by atoms with E-state index >= 15 is 0 Å². The molecule has 2 amide bonds. The summed E-state index contributed by atoms with van der Waals surface area (Å²) in [5.41, 5.74) is 1.02. The standard InChI is InChI=1S/C16H20N2O4/c19-14(22-9-12-4-2-1-3-5-12)17-13-6-7-16(8-13)10-18(11-16)15(20)21/h1-5,13H,6-11H2,(H,17,19)(H,20,21)/t13-/m1/s1. The van der Waals surface area contributed by atoms with Gasteiger partial charge < -0.3 is 20.1 Å². The van der Waals surface area contributed by atoms with Crippen molar-refractivity contribution in [3.05, 3.63) is 35.9 Å². The van der Waals surface area contributed by atoms with E-state index in [9.17, 15) is 9.59 Å². The zero-order valence-electron chi connectivity index (χ0n) is 12.3. The van der Waals surface area contributed by atoms with Crippen LogP contribution in [0.3, 0.4) is 0 Å². The highest BCUT2D eigenvalue weighted by Gasteiger charge is 2.50. The van der Waals surface area contributed by atoms with Crippen molar-refractivity contribution in [3.8, 4) is 0 Å². The van der Waals surface area contributed by atoms with Gasteiger partial charge in [0.05, 0.1) is 0 Å². The third-order valence-corrected chi connectivity index (χ3v) is 4.56. The van der Waals surface area contributed by atoms with Crippen LogP contribution in [-0.2, 0) is 11.3 Å². The van der Waals surface area contributed by atoms with Gasteiger partial charge in [-0.15, -0.1) is 0 Å². The maximum atomic E-state index is 11.8. The van der Waals surface area contributed by atoms with Crippen molar-refractivity contribution in [2.75, 3.05) is 13.1 Å². The second kappa shape index (κ2) is 5.87. The number of rotatable bonds is 3. The Bertz CT molecular complexity index is 555. The summed E-state index contributed by atoms with van der Waals surface area (Å²) in [5, 5.41) is 11.8. The second-order valence-electron chi connectivity index (χ2n) is 6.28. The molecule has 1 spiro atoms. The SMILES string of the molecule is O=C(N[C@@H]1CCC2(C1)CN(C(=O)O)C2)OCc1ccccc1. The lowest BCUT2D eigenvalue weighted by Crippen LogP contribution is -2.57. The monoisotopic (exact) mass is 304 g/mol. The lowest BCUT2D eigenvalue weighted by atomic mass is 9.78. The van der Waals surface area contributed by atoms with Crippen LogP contribution in [0.15, 0.2) is 30.3 Å². The predicted octanol–water partition coefficient (Wildman–Crippen LogP) is 2.45. The Morgan fingerprint density at radius 3 is 2.73 bits per heavy atom. The molecule has 6 heteroatoms. The number of hydrogen-bond acceptors (Lipinski definition) is 3. The van der Waals surface area contributed by atoms with Crippen molar-refractivity contribution in [1.82, 2.24) is 10.2 Å². The quantitative estimate of drug-likeness (QED) is 0.899. The smallest absolute Gasteiger partial charge is 0.407 e. The molecular formula is C16H20N2O4. The van der Waals surface area contributed by atoms with Crippen molar-refractivity contribution in [2.45, 2.75) is 31.9 Å². The van der Waals surface area contributed by atoms with Gasteiger partial charge >= 0.3 is 12.2 Å². The number of ether oxygens (including phenoxy) is 1. The Morgan fingerprint density at radius 1 is 1.32 bits per heavy atom. The molecule has 1 aromatic carbocycles. The van der Waals surface area contributed by atoms with Gasteiger partial charge in [-0.25, -0.2) is 9.59 Å². The highest BCUT2D eigenvalue weighted by molar-refractivity contribution is 5.68. The van der Waals surface area contributed by atoms with E-state index in [2.05, 4.69) is 5.32 Å². The number of nitrogens with one attached hydrogen (secondary N) is 1. The number of nitrogens with zero attached hydrogens (tertiary/aromatic N) is 1. The summed E-state index contributed by atoms with van der Waals surface area (Å²) in [4.78, 5) is 24.1. The van der Waals surface area contributed by atoms with E-state index in [1.807, 2.05) is 30.3 Å². The van der Waals surface area contributed by atoms with Crippen molar-refractivity contribution in [3.63, 3.8) is 0 Å². The molecule has 1 aliphatic heterocycles. The van der Waals surface area contributed by atoms with E-state index in [-0.39, 0.29) is 18.1 Å². The molecule has 1 saturated heterocycles. The fraction of sp³-hybridized carbons (Fsp3) is 0.500. The molecule has 1 saturated carbocycles. The summed E-state index contributed by atoms with van der Waals surface area (Å²) in [6.07, 6.45) is 1.41. The first-order valence-corrected chi connectivity index (χ1v) is 7.51. The van der Waals surface area contributed by atoms with E-state index in [4.69, 9.17) is 9.84 Å². The number of amides is 2. The largest absolute Gasteiger partial charge is 0.465 e. The molecule has 1 atom stereocenters. The van der Waals surface area contributed by atoms with Crippen LogP contribution in [0.1, 0.15) is 24.8 Å². The number of carbonyl (C=O) groups excluding carboxylic acids is 1. The van der Waals surface area contributed by atoms with Crippen molar-refractivity contribution in [2.24, 2.45) is 5.41 Å². The van der Waals surface area contributed by atoms with Gasteiger partial charge in [-0.1, -0.05) is 30.3 Å². The lowest BCUT2D eigenvalue weighted by molar-refractivity contribution is 0.0134. The van der Waals surface area contributed by atoms with Crippen LogP contribution in [-0.4, -0.2) is 41.3 Å². The zero-order valence-corrected chi connectivity index (χ0v) is 12.3. The molecule has 6 nitrogen and oxygen atoms in total.